The second-order valence-electron chi connectivity index (χ2n) is 8.26. The topological polar surface area (TPSA) is 117 Å². The number of sulfonamides is 1. The molecule has 32 heavy (non-hydrogen) atoms. The maximum absolute atomic E-state index is 11.4. The molecule has 3 rings (SSSR count). The Hall–Kier alpha value is -2.78. The number of methoxy groups -OCH3 is 1. The molecule has 2 aromatic rings. The normalized spacial score (nSPS) is 18.7. The molecule has 8 nitrogen and oxygen atoms in total. The van der Waals surface area contributed by atoms with Crippen molar-refractivity contribution in [3.63, 3.8) is 0 Å². The molecule has 1 saturated carbocycles. The van der Waals surface area contributed by atoms with E-state index in [9.17, 15) is 13.2 Å². The van der Waals surface area contributed by atoms with Gasteiger partial charge in [-0.2, -0.15) is 0 Å². The summed E-state index contributed by atoms with van der Waals surface area (Å²) >= 11 is 0. The molecule has 4 N–H and O–H groups in total. The van der Waals surface area contributed by atoms with Crippen molar-refractivity contribution in [2.75, 3.05) is 24.6 Å². The first-order chi connectivity index (χ1) is 15.2. The van der Waals surface area contributed by atoms with E-state index < -0.39 is 16.1 Å². The van der Waals surface area contributed by atoms with Gasteiger partial charge in [-0.1, -0.05) is 18.2 Å². The highest BCUT2D eigenvalue weighted by molar-refractivity contribution is 7.92. The minimum Gasteiger partial charge on any atom is -0.496 e. The van der Waals surface area contributed by atoms with Crippen molar-refractivity contribution in [3.8, 4) is 16.9 Å². The summed E-state index contributed by atoms with van der Waals surface area (Å²) in [6, 6.07) is 13.7. The van der Waals surface area contributed by atoms with Crippen molar-refractivity contribution >= 4 is 21.8 Å². The summed E-state index contributed by atoms with van der Waals surface area (Å²) in [7, 11) is -1.65. The Kier molecular flexibility index (Phi) is 7.98. The van der Waals surface area contributed by atoms with Crippen LogP contribution in [0.5, 0.6) is 5.75 Å². The molecule has 1 amide bonds. The number of anilines is 1. The number of nitrogens with one attached hydrogen (secondary N) is 3. The van der Waals surface area contributed by atoms with Gasteiger partial charge in [0.2, 0.25) is 10.0 Å². The highest BCUT2D eigenvalue weighted by atomic mass is 32.2. The molecule has 2 aromatic carbocycles. The minimum absolute atomic E-state index is 0.394. The Balaban J connectivity index is 1.61. The van der Waals surface area contributed by atoms with Crippen molar-refractivity contribution < 1.29 is 23.1 Å². The van der Waals surface area contributed by atoms with Gasteiger partial charge in [0.15, 0.2) is 0 Å². The molecule has 1 aliphatic carbocycles. The summed E-state index contributed by atoms with van der Waals surface area (Å²) in [4.78, 5) is 10.7. The second-order valence-corrected chi connectivity index (χ2v) is 10.0. The van der Waals surface area contributed by atoms with Gasteiger partial charge in [-0.25, -0.2) is 13.2 Å². The smallest absolute Gasteiger partial charge is 0.404 e. The van der Waals surface area contributed by atoms with Crippen molar-refractivity contribution in [3.05, 3.63) is 48.0 Å². The number of benzene rings is 2. The zero-order chi connectivity index (χ0) is 23.1. The highest BCUT2D eigenvalue weighted by Crippen LogP contribution is 2.29. The fourth-order valence-corrected chi connectivity index (χ4v) is 4.66. The summed E-state index contributed by atoms with van der Waals surface area (Å²) in [5.41, 5.74) is 3.59. The van der Waals surface area contributed by atoms with Crippen LogP contribution in [-0.4, -0.2) is 45.6 Å². The van der Waals surface area contributed by atoms with Crippen LogP contribution in [-0.2, 0) is 16.6 Å². The third-order valence-electron chi connectivity index (χ3n) is 5.77. The monoisotopic (exact) mass is 461 g/mol. The van der Waals surface area contributed by atoms with Crippen LogP contribution in [0.2, 0.25) is 0 Å². The lowest BCUT2D eigenvalue weighted by Crippen LogP contribution is -2.36. The van der Waals surface area contributed by atoms with E-state index in [2.05, 4.69) is 21.4 Å². The van der Waals surface area contributed by atoms with Crippen molar-refractivity contribution in [1.29, 1.82) is 0 Å². The van der Waals surface area contributed by atoms with Crippen LogP contribution in [0.1, 0.15) is 31.2 Å². The van der Waals surface area contributed by atoms with E-state index in [1.165, 1.54) is 0 Å². The zero-order valence-corrected chi connectivity index (χ0v) is 19.2. The van der Waals surface area contributed by atoms with Gasteiger partial charge in [0.1, 0.15) is 5.75 Å². The van der Waals surface area contributed by atoms with Gasteiger partial charge >= 0.3 is 6.09 Å². The number of carbonyl (C=O) groups is 1. The average molecular weight is 462 g/mol. The Morgan fingerprint density at radius 2 is 1.72 bits per heavy atom. The number of carboxylic acid groups (broad SMARTS) is 1. The molecule has 0 radical (unpaired) electrons. The quantitative estimate of drug-likeness (QED) is 0.453. The molecule has 9 heteroatoms. The number of hydrogen-bond acceptors (Lipinski definition) is 5. The van der Waals surface area contributed by atoms with Crippen LogP contribution in [0.3, 0.4) is 0 Å². The van der Waals surface area contributed by atoms with Gasteiger partial charge in [-0.05, 0) is 67.0 Å². The van der Waals surface area contributed by atoms with Crippen molar-refractivity contribution in [1.82, 2.24) is 10.6 Å². The zero-order valence-electron chi connectivity index (χ0n) is 18.4. The van der Waals surface area contributed by atoms with E-state index in [1.807, 2.05) is 24.3 Å². The van der Waals surface area contributed by atoms with Crippen LogP contribution >= 0.6 is 0 Å². The molecule has 0 aromatic heterocycles. The largest absolute Gasteiger partial charge is 0.496 e. The Bertz CT molecular complexity index is 1020. The lowest BCUT2D eigenvalue weighted by atomic mass is 9.86. The standard InChI is InChI=1S/C23H31N3O5S/c1-31-22-12-7-18(17-5-10-21(11-6-17)26-32(2,29)30)13-19(22)15-24-20-8-3-16(4-9-20)14-25-23(27)28/h5-7,10-13,16,20,24-26H,3-4,8-9,14-15H2,1-2H3,(H,27,28). The number of hydrogen-bond donors (Lipinski definition) is 4. The molecule has 174 valence electrons. The molecule has 0 bridgehead atoms. The van der Waals surface area contributed by atoms with Crippen LogP contribution in [0.15, 0.2) is 42.5 Å². The van der Waals surface area contributed by atoms with Crippen molar-refractivity contribution in [2.45, 2.75) is 38.3 Å². The van der Waals surface area contributed by atoms with Gasteiger partial charge in [-0.15, -0.1) is 0 Å². The van der Waals surface area contributed by atoms with Crippen molar-refractivity contribution in [2.24, 2.45) is 5.92 Å². The number of ether oxygens (including phenoxy) is 1. The van der Waals surface area contributed by atoms with E-state index in [4.69, 9.17) is 9.84 Å². The van der Waals surface area contributed by atoms with Gasteiger partial charge in [0.25, 0.3) is 0 Å². The van der Waals surface area contributed by atoms with Crippen LogP contribution < -0.4 is 20.1 Å². The SMILES string of the molecule is COc1ccc(-c2ccc(NS(C)(=O)=O)cc2)cc1CNC1CCC(CNC(=O)O)CC1. The Labute approximate surface area is 189 Å². The third kappa shape index (κ3) is 7.13. The van der Waals surface area contributed by atoms with Crippen LogP contribution in [0, 0.1) is 5.92 Å². The molecule has 1 aliphatic rings. The third-order valence-corrected chi connectivity index (χ3v) is 6.38. The summed E-state index contributed by atoms with van der Waals surface area (Å²) < 4.78 is 30.8. The van der Waals surface area contributed by atoms with Crippen LogP contribution in [0.25, 0.3) is 11.1 Å². The molecule has 0 saturated heterocycles. The molecule has 1 fully saturated rings. The van der Waals surface area contributed by atoms with E-state index in [-0.39, 0.29) is 0 Å². The molecule has 0 aliphatic heterocycles. The summed E-state index contributed by atoms with van der Waals surface area (Å²) in [5, 5.41) is 14.9. The molecular weight excluding hydrogens is 430 g/mol. The number of rotatable bonds is 9. The molecule has 0 unspecified atom stereocenters. The van der Waals surface area contributed by atoms with Gasteiger partial charge in [0.05, 0.1) is 13.4 Å². The Morgan fingerprint density at radius 1 is 1.06 bits per heavy atom. The van der Waals surface area contributed by atoms with E-state index >= 15 is 0 Å². The molecule has 0 heterocycles. The summed E-state index contributed by atoms with van der Waals surface area (Å²) in [5.74, 6) is 1.22. The first kappa shape index (κ1) is 23.9. The molecule has 0 atom stereocenters. The number of amides is 1. The first-order valence-corrected chi connectivity index (χ1v) is 12.6. The van der Waals surface area contributed by atoms with Gasteiger partial charge < -0.3 is 20.5 Å². The Morgan fingerprint density at radius 3 is 2.31 bits per heavy atom. The predicted octanol–water partition coefficient (Wildman–Crippen LogP) is 3.65. The van der Waals surface area contributed by atoms with E-state index in [0.29, 0.717) is 30.7 Å². The lowest BCUT2D eigenvalue weighted by Gasteiger charge is -2.29. The maximum Gasteiger partial charge on any atom is 0.404 e. The fourth-order valence-electron chi connectivity index (χ4n) is 4.10. The lowest BCUT2D eigenvalue weighted by molar-refractivity contribution is 0.189. The average Bonchev–Trinajstić information content (AvgIpc) is 2.76. The van der Waals surface area contributed by atoms with Gasteiger partial charge in [0, 0.05) is 30.4 Å². The summed E-state index contributed by atoms with van der Waals surface area (Å²) in [6.45, 7) is 1.20. The summed E-state index contributed by atoms with van der Waals surface area (Å²) in [6.07, 6.45) is 4.21. The molecule has 0 spiro atoms. The van der Waals surface area contributed by atoms with E-state index in [0.717, 1.165) is 54.4 Å². The fraction of sp³-hybridized carbons (Fsp3) is 0.435. The maximum atomic E-state index is 11.4. The predicted molar refractivity (Wildman–Crippen MR) is 126 cm³/mol. The first-order valence-electron chi connectivity index (χ1n) is 10.7. The van der Waals surface area contributed by atoms with Crippen LogP contribution in [0.4, 0.5) is 10.5 Å². The molecular formula is C23H31N3O5S. The van der Waals surface area contributed by atoms with E-state index in [1.54, 1.807) is 19.2 Å². The highest BCUT2D eigenvalue weighted by Gasteiger charge is 2.21. The van der Waals surface area contributed by atoms with Gasteiger partial charge in [-0.3, -0.25) is 4.72 Å². The second kappa shape index (κ2) is 10.7. The minimum atomic E-state index is -3.30.